The van der Waals surface area contributed by atoms with Gasteiger partial charge in [-0.1, -0.05) is 0 Å². The summed E-state index contributed by atoms with van der Waals surface area (Å²) < 4.78 is 22.5. The molecule has 0 aliphatic carbocycles. The van der Waals surface area contributed by atoms with E-state index in [1.807, 2.05) is 0 Å². The lowest BCUT2D eigenvalue weighted by atomic mass is 10.3. The number of aromatic nitrogens is 1. The monoisotopic (exact) mass is 252 g/mol. The van der Waals surface area contributed by atoms with E-state index < -0.39 is 24.3 Å². The SMILES string of the molecule is NC(=O)OCC(=O)Cc1nc2cc(F)ccc2o1. The molecule has 0 spiro atoms. The normalized spacial score (nSPS) is 10.5. The first-order valence-electron chi connectivity index (χ1n) is 5.03. The van der Waals surface area contributed by atoms with Crippen molar-refractivity contribution in [3.63, 3.8) is 0 Å². The Morgan fingerprint density at radius 2 is 2.22 bits per heavy atom. The number of hydrogen-bond acceptors (Lipinski definition) is 5. The molecule has 0 fully saturated rings. The number of Topliss-reactive ketones (excluding diaryl/α,β-unsaturated/α-hetero) is 1. The van der Waals surface area contributed by atoms with Crippen LogP contribution in [-0.2, 0) is 16.0 Å². The van der Waals surface area contributed by atoms with E-state index >= 15 is 0 Å². The molecule has 0 aliphatic rings. The van der Waals surface area contributed by atoms with Crippen molar-refractivity contribution in [3.8, 4) is 0 Å². The minimum absolute atomic E-state index is 0.133. The van der Waals surface area contributed by atoms with Gasteiger partial charge in [0.05, 0.1) is 6.42 Å². The number of carbonyl (C=O) groups is 2. The summed E-state index contributed by atoms with van der Waals surface area (Å²) in [6, 6.07) is 3.85. The van der Waals surface area contributed by atoms with Crippen LogP contribution in [0.1, 0.15) is 5.89 Å². The quantitative estimate of drug-likeness (QED) is 0.881. The summed E-state index contributed by atoms with van der Waals surface area (Å²) in [5.41, 5.74) is 5.43. The summed E-state index contributed by atoms with van der Waals surface area (Å²) in [5.74, 6) is -0.722. The van der Waals surface area contributed by atoms with Crippen LogP contribution in [0.25, 0.3) is 11.1 Å². The number of oxazole rings is 1. The van der Waals surface area contributed by atoms with Crippen molar-refractivity contribution in [2.45, 2.75) is 6.42 Å². The molecule has 18 heavy (non-hydrogen) atoms. The average molecular weight is 252 g/mol. The minimum atomic E-state index is -1.03. The van der Waals surface area contributed by atoms with E-state index in [1.54, 1.807) is 0 Å². The maximum Gasteiger partial charge on any atom is 0.404 e. The van der Waals surface area contributed by atoms with Crippen LogP contribution in [0.2, 0.25) is 0 Å². The van der Waals surface area contributed by atoms with Crippen molar-refractivity contribution >= 4 is 23.0 Å². The Balaban J connectivity index is 2.07. The van der Waals surface area contributed by atoms with Gasteiger partial charge in [-0.3, -0.25) is 4.79 Å². The van der Waals surface area contributed by atoms with Crippen LogP contribution in [0, 0.1) is 5.82 Å². The van der Waals surface area contributed by atoms with Gasteiger partial charge in [0, 0.05) is 6.07 Å². The lowest BCUT2D eigenvalue weighted by Gasteiger charge is -1.97. The van der Waals surface area contributed by atoms with Gasteiger partial charge < -0.3 is 14.9 Å². The molecule has 0 unspecified atom stereocenters. The number of halogens is 1. The lowest BCUT2D eigenvalue weighted by molar-refractivity contribution is -0.121. The summed E-state index contributed by atoms with van der Waals surface area (Å²) in [5, 5.41) is 0. The maximum absolute atomic E-state index is 12.9. The molecule has 0 saturated heterocycles. The van der Waals surface area contributed by atoms with Crippen molar-refractivity contribution < 1.29 is 23.1 Å². The zero-order chi connectivity index (χ0) is 13.1. The van der Waals surface area contributed by atoms with Crippen LogP contribution in [-0.4, -0.2) is 23.5 Å². The highest BCUT2D eigenvalue weighted by Crippen LogP contribution is 2.16. The largest absolute Gasteiger partial charge is 0.442 e. The van der Waals surface area contributed by atoms with Gasteiger partial charge in [0.2, 0.25) is 5.89 Å². The molecule has 0 bridgehead atoms. The van der Waals surface area contributed by atoms with Gasteiger partial charge in [-0.25, -0.2) is 14.2 Å². The van der Waals surface area contributed by atoms with E-state index in [0.717, 1.165) is 0 Å². The van der Waals surface area contributed by atoms with Crippen LogP contribution < -0.4 is 5.73 Å². The Hall–Kier alpha value is -2.44. The predicted octanol–water partition coefficient (Wildman–Crippen LogP) is 1.17. The van der Waals surface area contributed by atoms with E-state index in [2.05, 4.69) is 9.72 Å². The van der Waals surface area contributed by atoms with Crippen LogP contribution in [0.4, 0.5) is 9.18 Å². The Kier molecular flexibility index (Phi) is 3.22. The van der Waals surface area contributed by atoms with Crippen LogP contribution >= 0.6 is 0 Å². The fraction of sp³-hybridized carbons (Fsp3) is 0.182. The van der Waals surface area contributed by atoms with Gasteiger partial charge in [-0.05, 0) is 12.1 Å². The van der Waals surface area contributed by atoms with Crippen molar-refractivity contribution in [1.29, 1.82) is 0 Å². The number of ether oxygens (including phenoxy) is 1. The number of primary amides is 1. The number of nitrogens with two attached hydrogens (primary N) is 1. The summed E-state index contributed by atoms with van der Waals surface area (Å²) in [6.07, 6.45) is -1.17. The molecule has 94 valence electrons. The first-order valence-corrected chi connectivity index (χ1v) is 5.03. The van der Waals surface area contributed by atoms with Crippen molar-refractivity contribution in [3.05, 3.63) is 29.9 Å². The molecule has 1 aromatic carbocycles. The highest BCUT2D eigenvalue weighted by molar-refractivity contribution is 5.83. The highest BCUT2D eigenvalue weighted by atomic mass is 19.1. The molecule has 1 aromatic heterocycles. The predicted molar refractivity (Wildman–Crippen MR) is 58.2 cm³/mol. The van der Waals surface area contributed by atoms with E-state index in [9.17, 15) is 14.0 Å². The average Bonchev–Trinajstić information content (AvgIpc) is 2.67. The molecule has 2 rings (SSSR count). The van der Waals surface area contributed by atoms with E-state index in [4.69, 9.17) is 10.2 Å². The van der Waals surface area contributed by atoms with Crippen molar-refractivity contribution in [1.82, 2.24) is 4.98 Å². The van der Waals surface area contributed by atoms with Gasteiger partial charge in [-0.2, -0.15) is 0 Å². The molecular weight excluding hydrogens is 243 g/mol. The summed E-state index contributed by atoms with van der Waals surface area (Å²) in [7, 11) is 0. The third kappa shape index (κ3) is 2.82. The topological polar surface area (TPSA) is 95.4 Å². The fourth-order valence-corrected chi connectivity index (χ4v) is 1.40. The molecule has 0 aliphatic heterocycles. The molecular formula is C11H9FN2O4. The lowest BCUT2D eigenvalue weighted by Crippen LogP contribution is -2.19. The zero-order valence-electron chi connectivity index (χ0n) is 9.18. The summed E-state index contributed by atoms with van der Waals surface area (Å²) in [6.45, 7) is -0.442. The second-order valence-corrected chi connectivity index (χ2v) is 3.54. The first kappa shape index (κ1) is 12.0. The number of amides is 1. The molecule has 1 heterocycles. The fourth-order valence-electron chi connectivity index (χ4n) is 1.40. The van der Waals surface area contributed by atoms with Gasteiger partial charge in [0.25, 0.3) is 0 Å². The standard InChI is InChI=1S/C11H9FN2O4/c12-6-1-2-9-8(3-6)14-10(18-9)4-7(15)5-17-11(13)16/h1-3H,4-5H2,(H2,13,16). The number of hydrogen-bond donors (Lipinski definition) is 1. The molecule has 6 nitrogen and oxygen atoms in total. The van der Waals surface area contributed by atoms with E-state index in [0.29, 0.717) is 11.1 Å². The third-order valence-electron chi connectivity index (χ3n) is 2.12. The minimum Gasteiger partial charge on any atom is -0.442 e. The van der Waals surface area contributed by atoms with Gasteiger partial charge >= 0.3 is 6.09 Å². The van der Waals surface area contributed by atoms with Crippen molar-refractivity contribution in [2.24, 2.45) is 5.73 Å². The molecule has 1 amide bonds. The maximum atomic E-state index is 12.9. The number of rotatable bonds is 4. The Bertz CT molecular complexity index is 608. The smallest absolute Gasteiger partial charge is 0.404 e. The van der Waals surface area contributed by atoms with Gasteiger partial charge in [0.1, 0.15) is 11.3 Å². The van der Waals surface area contributed by atoms with Crippen molar-refractivity contribution in [2.75, 3.05) is 6.61 Å². The molecule has 7 heteroatoms. The number of ketones is 1. The number of fused-ring (bicyclic) bond motifs is 1. The second-order valence-electron chi connectivity index (χ2n) is 3.54. The summed E-state index contributed by atoms with van der Waals surface area (Å²) in [4.78, 5) is 25.6. The number of benzene rings is 1. The van der Waals surface area contributed by atoms with Crippen LogP contribution in [0.5, 0.6) is 0 Å². The van der Waals surface area contributed by atoms with Gasteiger partial charge in [-0.15, -0.1) is 0 Å². The Labute approximate surface area is 101 Å². The van der Waals surface area contributed by atoms with Gasteiger partial charge in [0.15, 0.2) is 18.0 Å². The third-order valence-corrected chi connectivity index (χ3v) is 2.12. The number of carbonyl (C=O) groups excluding carboxylic acids is 2. The van der Waals surface area contributed by atoms with E-state index in [1.165, 1.54) is 18.2 Å². The Morgan fingerprint density at radius 1 is 1.44 bits per heavy atom. The zero-order valence-corrected chi connectivity index (χ0v) is 9.18. The second kappa shape index (κ2) is 4.82. The molecule has 2 aromatic rings. The Morgan fingerprint density at radius 3 is 2.94 bits per heavy atom. The molecule has 2 N–H and O–H groups in total. The first-order chi connectivity index (χ1) is 8.54. The van der Waals surface area contributed by atoms with E-state index in [-0.39, 0.29) is 12.3 Å². The number of nitrogens with zero attached hydrogens (tertiary/aromatic N) is 1. The highest BCUT2D eigenvalue weighted by Gasteiger charge is 2.12. The molecule has 0 atom stereocenters. The molecule has 0 radical (unpaired) electrons. The van der Waals surface area contributed by atoms with Crippen LogP contribution in [0.3, 0.4) is 0 Å². The molecule has 0 saturated carbocycles. The van der Waals surface area contributed by atoms with Crippen LogP contribution in [0.15, 0.2) is 22.6 Å². The summed E-state index contributed by atoms with van der Waals surface area (Å²) >= 11 is 0.